The molecule has 0 aliphatic carbocycles. The lowest BCUT2D eigenvalue weighted by Crippen LogP contribution is -2.43. The molecular formula is C12H25NO2. The summed E-state index contributed by atoms with van der Waals surface area (Å²) in [5.41, 5.74) is -1.34. The fourth-order valence-corrected chi connectivity index (χ4v) is 2.76. The smallest absolute Gasteiger partial charge is 0.123 e. The Labute approximate surface area is 93.3 Å². The minimum atomic E-state index is -0.695. The highest BCUT2D eigenvalue weighted by molar-refractivity contribution is 4.96. The van der Waals surface area contributed by atoms with Crippen LogP contribution >= 0.6 is 0 Å². The molecule has 0 aromatic heterocycles. The quantitative estimate of drug-likeness (QED) is 0.421. The third kappa shape index (κ3) is 3.16. The first-order valence-electron chi connectivity index (χ1n) is 5.53. The van der Waals surface area contributed by atoms with Crippen LogP contribution in [0.15, 0.2) is 0 Å². The van der Waals surface area contributed by atoms with Crippen LogP contribution in [0.25, 0.3) is 0 Å². The Morgan fingerprint density at radius 1 is 1.20 bits per heavy atom. The summed E-state index contributed by atoms with van der Waals surface area (Å²) in [6.07, 6.45) is 0.722. The fraction of sp³-hybridized carbons (Fsp3) is 0.917. The van der Waals surface area contributed by atoms with E-state index >= 15 is 0 Å². The van der Waals surface area contributed by atoms with Gasteiger partial charge in [-0.3, -0.25) is 0 Å². The van der Waals surface area contributed by atoms with Gasteiger partial charge in [0.25, 0.3) is 0 Å². The van der Waals surface area contributed by atoms with Gasteiger partial charge < -0.3 is 14.7 Å². The molecule has 2 unspecified atom stereocenters. The van der Waals surface area contributed by atoms with E-state index in [9.17, 15) is 10.2 Å². The standard InChI is InChI=1S/C12H25NO2/c1-10(2,14)7-12(5)9-13(12,6)8-11(3,4)15/h14-15H,6-9H2,1-5H3. The molecule has 1 rings (SSSR count). The first kappa shape index (κ1) is 12.9. The summed E-state index contributed by atoms with van der Waals surface area (Å²) in [6.45, 7) is 11.0. The minimum Gasteiger partial charge on any atom is -0.440 e. The van der Waals surface area contributed by atoms with Gasteiger partial charge in [-0.2, -0.15) is 0 Å². The minimum absolute atomic E-state index is 0.0122. The highest BCUT2D eigenvalue weighted by Crippen LogP contribution is 2.47. The predicted molar refractivity (Wildman–Crippen MR) is 61.0 cm³/mol. The summed E-state index contributed by atoms with van der Waals surface area (Å²) in [4.78, 5) is 0. The summed E-state index contributed by atoms with van der Waals surface area (Å²) in [7, 11) is 4.17. The molecule has 0 spiro atoms. The molecule has 1 heterocycles. The Bertz CT molecular complexity index is 225. The van der Waals surface area contributed by atoms with Gasteiger partial charge in [0.05, 0.1) is 12.1 Å². The summed E-state index contributed by atoms with van der Waals surface area (Å²) < 4.78 is 0.612. The molecule has 0 aromatic carbocycles. The molecule has 3 nitrogen and oxygen atoms in total. The SMILES string of the molecule is [CH2-][N+]1(CC(C)(C)O)CC1(C)CC(C)(C)O. The van der Waals surface area contributed by atoms with Crippen molar-refractivity contribution in [2.24, 2.45) is 0 Å². The van der Waals surface area contributed by atoms with Gasteiger partial charge in [-0.15, -0.1) is 7.05 Å². The summed E-state index contributed by atoms with van der Waals surface area (Å²) in [5.74, 6) is 0. The van der Waals surface area contributed by atoms with Gasteiger partial charge in [-0.1, -0.05) is 0 Å². The van der Waals surface area contributed by atoms with E-state index in [1.165, 1.54) is 0 Å². The van der Waals surface area contributed by atoms with E-state index < -0.39 is 11.2 Å². The van der Waals surface area contributed by atoms with Crippen molar-refractivity contribution < 1.29 is 14.7 Å². The van der Waals surface area contributed by atoms with Crippen LogP contribution in [0.3, 0.4) is 0 Å². The number of hydrogen-bond acceptors (Lipinski definition) is 2. The van der Waals surface area contributed by atoms with E-state index in [0.29, 0.717) is 11.0 Å². The monoisotopic (exact) mass is 215 g/mol. The van der Waals surface area contributed by atoms with E-state index in [2.05, 4.69) is 14.0 Å². The van der Waals surface area contributed by atoms with E-state index in [-0.39, 0.29) is 5.54 Å². The van der Waals surface area contributed by atoms with Gasteiger partial charge in [-0.25, -0.2) is 0 Å². The zero-order chi connectivity index (χ0) is 12.1. The van der Waals surface area contributed by atoms with E-state index in [0.717, 1.165) is 13.0 Å². The van der Waals surface area contributed by atoms with Crippen molar-refractivity contribution in [1.29, 1.82) is 0 Å². The van der Waals surface area contributed by atoms with Crippen molar-refractivity contribution in [3.8, 4) is 0 Å². The first-order chi connectivity index (χ1) is 6.37. The average molecular weight is 215 g/mol. The van der Waals surface area contributed by atoms with Crippen molar-refractivity contribution in [3.63, 3.8) is 0 Å². The lowest BCUT2D eigenvalue weighted by molar-refractivity contribution is -0.790. The first-order valence-corrected chi connectivity index (χ1v) is 5.53. The fourth-order valence-electron chi connectivity index (χ4n) is 2.76. The third-order valence-electron chi connectivity index (χ3n) is 3.19. The average Bonchev–Trinajstić information content (AvgIpc) is 2.19. The molecule has 1 aliphatic rings. The lowest BCUT2D eigenvalue weighted by Gasteiger charge is -2.35. The van der Waals surface area contributed by atoms with Crippen molar-refractivity contribution in [2.75, 3.05) is 13.1 Å². The van der Waals surface area contributed by atoms with Crippen molar-refractivity contribution in [3.05, 3.63) is 7.05 Å². The van der Waals surface area contributed by atoms with Crippen molar-refractivity contribution in [2.45, 2.75) is 57.8 Å². The molecule has 2 N–H and O–H groups in total. The molecule has 0 amide bonds. The maximum Gasteiger partial charge on any atom is 0.123 e. The molecule has 0 bridgehead atoms. The van der Waals surface area contributed by atoms with Crippen LogP contribution in [0.2, 0.25) is 0 Å². The van der Waals surface area contributed by atoms with Gasteiger partial charge >= 0.3 is 0 Å². The Morgan fingerprint density at radius 3 is 2.00 bits per heavy atom. The molecule has 15 heavy (non-hydrogen) atoms. The molecule has 2 atom stereocenters. The zero-order valence-electron chi connectivity index (χ0n) is 10.7. The highest BCUT2D eigenvalue weighted by Gasteiger charge is 2.60. The molecule has 90 valence electrons. The van der Waals surface area contributed by atoms with E-state index in [1.807, 2.05) is 13.8 Å². The normalized spacial score (nSPS) is 36.8. The molecule has 0 aromatic rings. The highest BCUT2D eigenvalue weighted by atomic mass is 16.3. The number of rotatable bonds is 4. The van der Waals surface area contributed by atoms with E-state index in [4.69, 9.17) is 0 Å². The summed E-state index contributed by atoms with van der Waals surface area (Å²) >= 11 is 0. The summed E-state index contributed by atoms with van der Waals surface area (Å²) in [5, 5.41) is 19.6. The van der Waals surface area contributed by atoms with Crippen LogP contribution < -0.4 is 0 Å². The predicted octanol–water partition coefficient (Wildman–Crippen LogP) is 1.30. The molecular weight excluding hydrogens is 190 g/mol. The van der Waals surface area contributed by atoms with Gasteiger partial charge in [0.15, 0.2) is 0 Å². The van der Waals surface area contributed by atoms with Gasteiger partial charge in [0, 0.05) is 6.42 Å². The Balaban J connectivity index is 2.63. The molecule has 0 saturated carbocycles. The Hall–Kier alpha value is -0.120. The zero-order valence-corrected chi connectivity index (χ0v) is 10.7. The van der Waals surface area contributed by atoms with Crippen LogP contribution in [0.4, 0.5) is 0 Å². The molecule has 3 heteroatoms. The van der Waals surface area contributed by atoms with E-state index in [1.54, 1.807) is 13.8 Å². The van der Waals surface area contributed by atoms with Gasteiger partial charge in [0.1, 0.15) is 17.7 Å². The molecule has 1 saturated heterocycles. The van der Waals surface area contributed by atoms with Gasteiger partial charge in [-0.05, 0) is 34.6 Å². The molecule has 1 fully saturated rings. The van der Waals surface area contributed by atoms with Crippen LogP contribution in [-0.2, 0) is 0 Å². The lowest BCUT2D eigenvalue weighted by atomic mass is 9.94. The second-order valence-electron chi connectivity index (χ2n) is 6.76. The Kier molecular flexibility index (Phi) is 2.75. The Morgan fingerprint density at radius 2 is 1.67 bits per heavy atom. The van der Waals surface area contributed by atoms with Crippen molar-refractivity contribution in [1.82, 2.24) is 0 Å². The maximum atomic E-state index is 9.82. The number of aliphatic hydroxyl groups is 2. The number of hydrogen-bond donors (Lipinski definition) is 2. The van der Waals surface area contributed by atoms with Crippen LogP contribution in [0.1, 0.15) is 41.0 Å². The van der Waals surface area contributed by atoms with Crippen LogP contribution in [-0.4, -0.2) is 44.5 Å². The van der Waals surface area contributed by atoms with Crippen LogP contribution in [0.5, 0.6) is 0 Å². The van der Waals surface area contributed by atoms with Gasteiger partial charge in [0.2, 0.25) is 0 Å². The van der Waals surface area contributed by atoms with Crippen molar-refractivity contribution >= 4 is 0 Å². The van der Waals surface area contributed by atoms with Crippen LogP contribution in [0, 0.1) is 7.05 Å². The largest absolute Gasteiger partial charge is 0.440 e. The third-order valence-corrected chi connectivity index (χ3v) is 3.19. The number of nitrogens with zero attached hydrogens (tertiary/aromatic N) is 1. The summed E-state index contributed by atoms with van der Waals surface area (Å²) in [6, 6.07) is 0. The second-order valence-corrected chi connectivity index (χ2v) is 6.76. The maximum absolute atomic E-state index is 9.82. The number of quaternary nitrogens is 1. The molecule has 0 radical (unpaired) electrons. The molecule has 1 aliphatic heterocycles. The second kappa shape index (κ2) is 3.19. The topological polar surface area (TPSA) is 40.5 Å².